The highest BCUT2D eigenvalue weighted by Gasteiger charge is 2.04. The van der Waals surface area contributed by atoms with Gasteiger partial charge in [0.25, 0.3) is 0 Å². The number of anilines is 2. The van der Waals surface area contributed by atoms with Crippen LogP contribution in [0, 0.1) is 0 Å². The van der Waals surface area contributed by atoms with Crippen molar-refractivity contribution >= 4 is 45.5 Å². The molecule has 4 rings (SSSR count). The summed E-state index contributed by atoms with van der Waals surface area (Å²) in [5, 5.41) is 44.3. The Morgan fingerprint density at radius 3 is 0.810 bits per heavy atom. The second kappa shape index (κ2) is 15.8. The Labute approximate surface area is 246 Å². The Bertz CT molecular complexity index is 1340. The van der Waals surface area contributed by atoms with Crippen LogP contribution in [0.3, 0.4) is 0 Å². The van der Waals surface area contributed by atoms with Crippen LogP contribution in [0.1, 0.15) is 13.8 Å². The number of hydrogen-bond donors (Lipinski definition) is 2. The maximum absolute atomic E-state index is 9.20. The van der Waals surface area contributed by atoms with Crippen LogP contribution >= 0.6 is 0 Å². The third kappa shape index (κ3) is 8.85. The van der Waals surface area contributed by atoms with E-state index in [2.05, 4.69) is 54.3 Å². The minimum Gasteiger partial charge on any atom is -0.395 e. The van der Waals surface area contributed by atoms with Crippen molar-refractivity contribution in [3.05, 3.63) is 97.1 Å². The van der Waals surface area contributed by atoms with E-state index in [-0.39, 0.29) is 13.2 Å². The number of nitrogens with zero attached hydrogens (tertiary/aromatic N) is 8. The van der Waals surface area contributed by atoms with Gasteiger partial charge in [-0.15, -0.1) is 0 Å². The molecule has 0 radical (unpaired) electrons. The zero-order chi connectivity index (χ0) is 29.6. The first kappa shape index (κ1) is 30.2. The van der Waals surface area contributed by atoms with Crippen molar-refractivity contribution < 1.29 is 10.2 Å². The molecule has 0 aliphatic rings. The molecule has 0 atom stereocenters. The fraction of sp³-hybridized carbons (Fsp3) is 0.250. The fourth-order valence-corrected chi connectivity index (χ4v) is 4.16. The SMILES string of the molecule is CCN(CCO)c1ccc(N=Nc2ccc(N=Nc3ccc(N=Nc4ccc(N(CC)CCO)cc4)cc3)cc2)cc1. The lowest BCUT2D eigenvalue weighted by atomic mass is 10.2. The molecule has 216 valence electrons. The molecule has 0 saturated carbocycles. The highest BCUT2D eigenvalue weighted by atomic mass is 16.3. The summed E-state index contributed by atoms with van der Waals surface area (Å²) in [6.45, 7) is 7.19. The number of azo groups is 3. The summed E-state index contributed by atoms with van der Waals surface area (Å²) in [6.07, 6.45) is 0. The summed E-state index contributed by atoms with van der Waals surface area (Å²) in [5.41, 5.74) is 6.42. The molecule has 42 heavy (non-hydrogen) atoms. The molecule has 0 amide bonds. The molecule has 0 saturated heterocycles. The summed E-state index contributed by atoms with van der Waals surface area (Å²) in [6, 6.07) is 30.3. The second-order valence-corrected chi connectivity index (χ2v) is 9.27. The Morgan fingerprint density at radius 1 is 0.405 bits per heavy atom. The van der Waals surface area contributed by atoms with E-state index in [0.29, 0.717) is 35.8 Å². The predicted octanol–water partition coefficient (Wildman–Crippen LogP) is 8.57. The fourth-order valence-electron chi connectivity index (χ4n) is 4.16. The molecule has 4 aromatic carbocycles. The Kier molecular flexibility index (Phi) is 11.4. The van der Waals surface area contributed by atoms with Gasteiger partial charge in [0, 0.05) is 37.6 Å². The molecule has 10 heteroatoms. The molecule has 0 spiro atoms. The lowest BCUT2D eigenvalue weighted by Crippen LogP contribution is -2.25. The third-order valence-corrected chi connectivity index (χ3v) is 6.48. The highest BCUT2D eigenvalue weighted by molar-refractivity contribution is 5.55. The minimum atomic E-state index is 0.118. The molecule has 0 aliphatic carbocycles. The van der Waals surface area contributed by atoms with E-state index in [4.69, 9.17) is 0 Å². The molecule has 0 fully saturated rings. The van der Waals surface area contributed by atoms with Crippen molar-refractivity contribution in [3.63, 3.8) is 0 Å². The Balaban J connectivity index is 1.30. The standard InChI is InChI=1S/C32H36N8O2/c1-3-39(21-23-41)31-17-13-29(14-18-31)37-35-27-9-5-25(6-10-27)33-34-26-7-11-28(12-8-26)36-38-30-15-19-32(20-16-30)40(4-2)22-24-42/h5-20,41-42H,3-4,21-24H2,1-2H3. The Hall–Kier alpha value is -4.80. The molecule has 0 aliphatic heterocycles. The maximum Gasteiger partial charge on any atom is 0.0858 e. The van der Waals surface area contributed by atoms with Crippen molar-refractivity contribution in [2.45, 2.75) is 13.8 Å². The van der Waals surface area contributed by atoms with Gasteiger partial charge in [-0.3, -0.25) is 0 Å². The normalized spacial score (nSPS) is 11.6. The summed E-state index contributed by atoms with van der Waals surface area (Å²) < 4.78 is 0. The first-order valence-corrected chi connectivity index (χ1v) is 14.0. The van der Waals surface area contributed by atoms with Crippen molar-refractivity contribution in [3.8, 4) is 0 Å². The first-order valence-electron chi connectivity index (χ1n) is 14.0. The molecule has 0 bridgehead atoms. The average molecular weight is 565 g/mol. The quantitative estimate of drug-likeness (QED) is 0.149. The number of aliphatic hydroxyl groups is 2. The van der Waals surface area contributed by atoms with Crippen LogP contribution in [0.15, 0.2) is 128 Å². The van der Waals surface area contributed by atoms with Crippen molar-refractivity contribution in [2.24, 2.45) is 30.7 Å². The van der Waals surface area contributed by atoms with Gasteiger partial charge in [-0.1, -0.05) is 0 Å². The van der Waals surface area contributed by atoms with Crippen molar-refractivity contribution in [1.29, 1.82) is 0 Å². The summed E-state index contributed by atoms with van der Waals surface area (Å²) in [5.74, 6) is 0. The largest absolute Gasteiger partial charge is 0.395 e. The van der Waals surface area contributed by atoms with E-state index in [9.17, 15) is 10.2 Å². The zero-order valence-electron chi connectivity index (χ0n) is 24.0. The smallest absolute Gasteiger partial charge is 0.0858 e. The molecular formula is C32H36N8O2. The lowest BCUT2D eigenvalue weighted by molar-refractivity contribution is 0.302. The summed E-state index contributed by atoms with van der Waals surface area (Å²) in [7, 11) is 0. The van der Waals surface area contributed by atoms with Crippen LogP contribution < -0.4 is 9.80 Å². The second-order valence-electron chi connectivity index (χ2n) is 9.27. The third-order valence-electron chi connectivity index (χ3n) is 6.48. The van der Waals surface area contributed by atoms with Crippen molar-refractivity contribution in [1.82, 2.24) is 0 Å². The van der Waals surface area contributed by atoms with Crippen LogP contribution in [0.5, 0.6) is 0 Å². The number of likely N-dealkylation sites (N-methyl/N-ethyl adjacent to an activating group) is 2. The average Bonchev–Trinajstić information content (AvgIpc) is 3.05. The maximum atomic E-state index is 9.20. The van der Waals surface area contributed by atoms with Gasteiger partial charge in [0.15, 0.2) is 0 Å². The summed E-state index contributed by atoms with van der Waals surface area (Å²) >= 11 is 0. The van der Waals surface area contributed by atoms with Gasteiger partial charge < -0.3 is 20.0 Å². The zero-order valence-corrected chi connectivity index (χ0v) is 24.0. The lowest BCUT2D eigenvalue weighted by Gasteiger charge is -2.21. The molecule has 2 N–H and O–H groups in total. The van der Waals surface area contributed by atoms with Crippen LogP contribution in [-0.2, 0) is 0 Å². The topological polar surface area (TPSA) is 121 Å². The molecule has 0 aromatic heterocycles. The number of aliphatic hydroxyl groups excluding tert-OH is 2. The van der Waals surface area contributed by atoms with E-state index in [1.807, 2.05) is 97.1 Å². The first-order chi connectivity index (χ1) is 20.6. The monoisotopic (exact) mass is 564 g/mol. The van der Waals surface area contributed by atoms with E-state index < -0.39 is 0 Å². The van der Waals surface area contributed by atoms with E-state index in [1.165, 1.54) is 0 Å². The van der Waals surface area contributed by atoms with E-state index in [0.717, 1.165) is 35.8 Å². The van der Waals surface area contributed by atoms with E-state index >= 15 is 0 Å². The highest BCUT2D eigenvalue weighted by Crippen LogP contribution is 2.27. The summed E-state index contributed by atoms with van der Waals surface area (Å²) in [4.78, 5) is 4.19. The Morgan fingerprint density at radius 2 is 0.619 bits per heavy atom. The van der Waals surface area contributed by atoms with Gasteiger partial charge in [-0.05, 0) is 111 Å². The molecule has 0 heterocycles. The minimum absolute atomic E-state index is 0.118. The van der Waals surface area contributed by atoms with Crippen LogP contribution in [0.2, 0.25) is 0 Å². The molecule has 4 aromatic rings. The van der Waals surface area contributed by atoms with Gasteiger partial charge in [0.1, 0.15) is 0 Å². The number of hydrogen-bond acceptors (Lipinski definition) is 10. The van der Waals surface area contributed by atoms with Gasteiger partial charge in [-0.2, -0.15) is 30.7 Å². The predicted molar refractivity (Wildman–Crippen MR) is 168 cm³/mol. The molecule has 10 nitrogen and oxygen atoms in total. The van der Waals surface area contributed by atoms with Crippen LogP contribution in [0.4, 0.5) is 45.5 Å². The molecule has 0 unspecified atom stereocenters. The molecular weight excluding hydrogens is 528 g/mol. The van der Waals surface area contributed by atoms with Crippen LogP contribution in [-0.4, -0.2) is 49.6 Å². The number of rotatable bonds is 14. The van der Waals surface area contributed by atoms with Gasteiger partial charge in [-0.25, -0.2) is 0 Å². The van der Waals surface area contributed by atoms with Gasteiger partial charge in [0.05, 0.1) is 47.3 Å². The van der Waals surface area contributed by atoms with Gasteiger partial charge in [0.2, 0.25) is 0 Å². The van der Waals surface area contributed by atoms with Crippen molar-refractivity contribution in [2.75, 3.05) is 49.2 Å². The van der Waals surface area contributed by atoms with Crippen LogP contribution in [0.25, 0.3) is 0 Å². The number of benzene rings is 4. The van der Waals surface area contributed by atoms with E-state index in [1.54, 1.807) is 0 Å². The van der Waals surface area contributed by atoms with Gasteiger partial charge >= 0.3 is 0 Å².